The van der Waals surface area contributed by atoms with Crippen molar-refractivity contribution < 1.29 is 0 Å². The van der Waals surface area contributed by atoms with E-state index in [1.807, 2.05) is 0 Å². The van der Waals surface area contributed by atoms with Crippen LogP contribution >= 0.6 is 12.2 Å². The van der Waals surface area contributed by atoms with Gasteiger partial charge in [0.25, 0.3) is 0 Å². The molecule has 0 aromatic carbocycles. The Balaban J connectivity index is 2.34. The molecule has 0 radical (unpaired) electrons. The minimum absolute atomic E-state index is 0.131. The second-order valence-electron chi connectivity index (χ2n) is 3.76. The molecule has 0 atom stereocenters. The van der Waals surface area contributed by atoms with E-state index < -0.39 is 0 Å². The summed E-state index contributed by atoms with van der Waals surface area (Å²) < 4.78 is 2.08. The molecule has 0 bridgehead atoms. The Morgan fingerprint density at radius 1 is 1.58 bits per heavy atom. The molecule has 0 unspecified atom stereocenters. The predicted octanol–water partition coefficient (Wildman–Crippen LogP) is 1.03. The van der Waals surface area contributed by atoms with E-state index in [4.69, 9.17) is 12.2 Å². The predicted molar refractivity (Wildman–Crippen MR) is 47.6 cm³/mol. The summed E-state index contributed by atoms with van der Waals surface area (Å²) in [6.45, 7) is 2.91. The smallest absolute Gasteiger partial charge is 0.272 e. The van der Waals surface area contributed by atoms with Crippen LogP contribution in [0.3, 0.4) is 0 Å². The highest BCUT2D eigenvalue weighted by Crippen LogP contribution is 2.45. The van der Waals surface area contributed by atoms with Crippen molar-refractivity contribution >= 4 is 12.2 Å². The maximum Gasteiger partial charge on any atom is 0.342 e. The van der Waals surface area contributed by atoms with Gasteiger partial charge in [-0.3, -0.25) is 9.67 Å². The van der Waals surface area contributed by atoms with Crippen LogP contribution in [-0.2, 0) is 6.54 Å². The van der Waals surface area contributed by atoms with Gasteiger partial charge in [-0.1, -0.05) is 6.92 Å². The van der Waals surface area contributed by atoms with Gasteiger partial charge >= 0.3 is 5.69 Å². The quantitative estimate of drug-likeness (QED) is 0.676. The van der Waals surface area contributed by atoms with E-state index in [9.17, 15) is 4.79 Å². The highest BCUT2D eigenvalue weighted by Gasteiger charge is 2.38. The van der Waals surface area contributed by atoms with E-state index in [2.05, 4.69) is 17.1 Å². The molecular weight excluding hydrogens is 174 g/mol. The summed E-state index contributed by atoms with van der Waals surface area (Å²) in [7, 11) is 0. The topological polar surface area (TPSA) is 53.6 Å². The SMILES string of the molecule is CC1(Cn2c(=O)[nH][nH]c2=S)CC1. The van der Waals surface area contributed by atoms with Gasteiger partial charge in [0.2, 0.25) is 0 Å². The molecule has 2 N–H and O–H groups in total. The van der Waals surface area contributed by atoms with Gasteiger partial charge in [0.05, 0.1) is 0 Å². The lowest BCUT2D eigenvalue weighted by atomic mass is 10.1. The second-order valence-corrected chi connectivity index (χ2v) is 4.14. The first kappa shape index (κ1) is 7.79. The van der Waals surface area contributed by atoms with Gasteiger partial charge in [-0.05, 0) is 30.5 Å². The fourth-order valence-electron chi connectivity index (χ4n) is 1.23. The van der Waals surface area contributed by atoms with Crippen LogP contribution < -0.4 is 5.69 Å². The van der Waals surface area contributed by atoms with E-state index in [1.54, 1.807) is 4.57 Å². The van der Waals surface area contributed by atoms with Crippen molar-refractivity contribution in [2.24, 2.45) is 5.41 Å². The van der Waals surface area contributed by atoms with Crippen LogP contribution in [0.5, 0.6) is 0 Å². The van der Waals surface area contributed by atoms with Gasteiger partial charge in [0, 0.05) is 6.54 Å². The van der Waals surface area contributed by atoms with Gasteiger partial charge in [0.1, 0.15) is 0 Å². The number of nitrogens with zero attached hydrogens (tertiary/aromatic N) is 1. The molecule has 0 aliphatic heterocycles. The van der Waals surface area contributed by atoms with Gasteiger partial charge in [-0.25, -0.2) is 9.89 Å². The Labute approximate surface area is 74.6 Å². The molecule has 5 heteroatoms. The van der Waals surface area contributed by atoms with E-state index in [1.165, 1.54) is 12.8 Å². The lowest BCUT2D eigenvalue weighted by Crippen LogP contribution is -2.21. The van der Waals surface area contributed by atoms with Crippen LogP contribution in [0.2, 0.25) is 0 Å². The zero-order valence-corrected chi connectivity index (χ0v) is 7.70. The summed E-state index contributed by atoms with van der Waals surface area (Å²) in [5.41, 5.74) is 0.182. The molecule has 12 heavy (non-hydrogen) atoms. The van der Waals surface area contributed by atoms with Crippen molar-refractivity contribution in [3.05, 3.63) is 15.3 Å². The third-order valence-electron chi connectivity index (χ3n) is 2.41. The maximum atomic E-state index is 11.2. The average molecular weight is 185 g/mol. The van der Waals surface area contributed by atoms with Crippen molar-refractivity contribution in [3.63, 3.8) is 0 Å². The molecule has 1 fully saturated rings. The van der Waals surface area contributed by atoms with Crippen molar-refractivity contribution in [1.82, 2.24) is 14.8 Å². The van der Waals surface area contributed by atoms with Crippen LogP contribution in [0.4, 0.5) is 0 Å². The lowest BCUT2D eigenvalue weighted by Gasteiger charge is -2.06. The summed E-state index contributed by atoms with van der Waals surface area (Å²) in [5, 5.41) is 5.09. The molecule has 0 amide bonds. The third-order valence-corrected chi connectivity index (χ3v) is 2.73. The molecule has 1 saturated carbocycles. The minimum atomic E-state index is -0.131. The molecule has 1 heterocycles. The Hall–Kier alpha value is -0.840. The second kappa shape index (κ2) is 2.32. The lowest BCUT2D eigenvalue weighted by molar-refractivity contribution is 0.452. The van der Waals surface area contributed by atoms with Gasteiger partial charge < -0.3 is 0 Å². The van der Waals surface area contributed by atoms with Gasteiger partial charge in [-0.2, -0.15) is 0 Å². The average Bonchev–Trinajstić information content (AvgIpc) is 2.67. The monoisotopic (exact) mass is 185 g/mol. The fourth-order valence-corrected chi connectivity index (χ4v) is 1.43. The minimum Gasteiger partial charge on any atom is -0.272 e. The number of hydrogen-bond acceptors (Lipinski definition) is 2. The Morgan fingerprint density at radius 2 is 2.25 bits per heavy atom. The number of hydrogen-bond donors (Lipinski definition) is 2. The standard InChI is InChI=1S/C7H11N3OS/c1-7(2-3-7)4-10-5(11)8-9-6(10)12/h2-4H2,1H3,(H,8,11)(H,9,12). The molecule has 1 aromatic rings. The zero-order chi connectivity index (χ0) is 8.77. The third kappa shape index (κ3) is 1.24. The van der Waals surface area contributed by atoms with Gasteiger partial charge in [-0.15, -0.1) is 0 Å². The molecule has 1 aromatic heterocycles. The number of rotatable bonds is 2. The number of aromatic amines is 2. The molecule has 2 rings (SSSR count). The van der Waals surface area contributed by atoms with Crippen molar-refractivity contribution in [2.75, 3.05) is 0 Å². The van der Waals surface area contributed by atoms with Crippen molar-refractivity contribution in [2.45, 2.75) is 26.3 Å². The van der Waals surface area contributed by atoms with Crippen LogP contribution in [0.15, 0.2) is 4.79 Å². The summed E-state index contributed by atoms with van der Waals surface area (Å²) >= 11 is 4.94. The van der Waals surface area contributed by atoms with E-state index in [0.717, 1.165) is 6.54 Å². The largest absolute Gasteiger partial charge is 0.342 e. The van der Waals surface area contributed by atoms with Crippen LogP contribution in [0, 0.1) is 10.2 Å². The Kier molecular flexibility index (Phi) is 1.51. The summed E-state index contributed by atoms with van der Waals surface area (Å²) in [6.07, 6.45) is 2.39. The van der Waals surface area contributed by atoms with E-state index in [0.29, 0.717) is 10.2 Å². The van der Waals surface area contributed by atoms with Crippen LogP contribution in [0.25, 0.3) is 0 Å². The summed E-state index contributed by atoms with van der Waals surface area (Å²) in [5.74, 6) is 0. The molecule has 1 aliphatic carbocycles. The number of H-pyrrole nitrogens is 2. The summed E-state index contributed by atoms with van der Waals surface area (Å²) in [4.78, 5) is 11.2. The molecule has 0 spiro atoms. The molecule has 66 valence electrons. The molecule has 1 aliphatic rings. The van der Waals surface area contributed by atoms with Gasteiger partial charge in [0.15, 0.2) is 4.77 Å². The van der Waals surface area contributed by atoms with Crippen LogP contribution in [0.1, 0.15) is 19.8 Å². The fraction of sp³-hybridized carbons (Fsp3) is 0.714. The first-order valence-electron chi connectivity index (χ1n) is 3.98. The molecule has 0 saturated heterocycles. The molecule has 4 nitrogen and oxygen atoms in total. The van der Waals surface area contributed by atoms with Crippen molar-refractivity contribution in [1.29, 1.82) is 0 Å². The first-order valence-corrected chi connectivity index (χ1v) is 4.39. The maximum absolute atomic E-state index is 11.2. The Morgan fingerprint density at radius 3 is 2.67 bits per heavy atom. The number of aromatic nitrogens is 3. The number of nitrogens with one attached hydrogen (secondary N) is 2. The van der Waals surface area contributed by atoms with Crippen LogP contribution in [-0.4, -0.2) is 14.8 Å². The first-order chi connectivity index (χ1) is 5.61. The summed E-state index contributed by atoms with van der Waals surface area (Å²) in [6, 6.07) is 0. The van der Waals surface area contributed by atoms with E-state index >= 15 is 0 Å². The van der Waals surface area contributed by atoms with Crippen molar-refractivity contribution in [3.8, 4) is 0 Å². The highest BCUT2D eigenvalue weighted by atomic mass is 32.1. The highest BCUT2D eigenvalue weighted by molar-refractivity contribution is 7.71. The Bertz CT molecular complexity index is 368. The zero-order valence-electron chi connectivity index (χ0n) is 6.89. The normalized spacial score (nSPS) is 19.4. The van der Waals surface area contributed by atoms with E-state index in [-0.39, 0.29) is 5.69 Å². The molecular formula is C7H11N3OS.